The summed E-state index contributed by atoms with van der Waals surface area (Å²) in [7, 11) is 0. The Morgan fingerprint density at radius 2 is 2.13 bits per heavy atom. The Hall–Kier alpha value is -0.610. The second-order valence-electron chi connectivity index (χ2n) is 2.99. The maximum Gasteiger partial charge on any atom is 0.114 e. The van der Waals surface area contributed by atoms with Crippen molar-refractivity contribution in [3.63, 3.8) is 0 Å². The van der Waals surface area contributed by atoms with Gasteiger partial charge in [0.1, 0.15) is 5.01 Å². The maximum absolute atomic E-state index is 6.07. The van der Waals surface area contributed by atoms with Crippen molar-refractivity contribution >= 4 is 34.5 Å². The number of benzene rings is 1. The van der Waals surface area contributed by atoms with Crippen LogP contribution in [0.3, 0.4) is 0 Å². The third kappa shape index (κ3) is 2.16. The molecule has 0 saturated carbocycles. The van der Waals surface area contributed by atoms with Crippen LogP contribution in [-0.4, -0.2) is 4.98 Å². The van der Waals surface area contributed by atoms with E-state index in [4.69, 9.17) is 28.9 Å². The zero-order valence-electron chi connectivity index (χ0n) is 7.65. The van der Waals surface area contributed by atoms with Gasteiger partial charge in [-0.2, -0.15) is 0 Å². The van der Waals surface area contributed by atoms with Crippen LogP contribution in [0.2, 0.25) is 10.0 Å². The van der Waals surface area contributed by atoms with Crippen molar-refractivity contribution in [3.05, 3.63) is 50.4 Å². The minimum atomic E-state index is -0.309. The number of halogens is 2. The first-order valence-corrected chi connectivity index (χ1v) is 5.92. The van der Waals surface area contributed by atoms with Gasteiger partial charge >= 0.3 is 0 Å². The summed E-state index contributed by atoms with van der Waals surface area (Å²) in [5.41, 5.74) is 6.84. The van der Waals surface area contributed by atoms with Gasteiger partial charge in [0.05, 0.1) is 16.1 Å². The molecule has 0 bridgehead atoms. The van der Waals surface area contributed by atoms with Crippen LogP contribution in [0, 0.1) is 0 Å². The predicted molar refractivity (Wildman–Crippen MR) is 64.6 cm³/mol. The Balaban J connectivity index is 2.42. The summed E-state index contributed by atoms with van der Waals surface area (Å²) in [6, 6.07) is 5.12. The second kappa shape index (κ2) is 4.49. The number of hydrogen-bond acceptors (Lipinski definition) is 3. The van der Waals surface area contributed by atoms with Crippen molar-refractivity contribution in [2.75, 3.05) is 0 Å². The molecule has 1 unspecified atom stereocenters. The number of hydrogen-bond donors (Lipinski definition) is 1. The van der Waals surface area contributed by atoms with Crippen LogP contribution in [0.4, 0.5) is 0 Å². The molecular weight excluding hydrogens is 251 g/mol. The van der Waals surface area contributed by atoms with E-state index in [9.17, 15) is 0 Å². The van der Waals surface area contributed by atoms with Crippen LogP contribution in [0.1, 0.15) is 16.6 Å². The second-order valence-corrected chi connectivity index (χ2v) is 4.70. The summed E-state index contributed by atoms with van der Waals surface area (Å²) in [5, 5.41) is 3.73. The van der Waals surface area contributed by atoms with Gasteiger partial charge in [0.2, 0.25) is 0 Å². The third-order valence-electron chi connectivity index (χ3n) is 2.03. The molecule has 2 rings (SSSR count). The molecule has 0 radical (unpaired) electrons. The zero-order chi connectivity index (χ0) is 10.8. The number of rotatable bonds is 2. The van der Waals surface area contributed by atoms with E-state index >= 15 is 0 Å². The summed E-state index contributed by atoms with van der Waals surface area (Å²) in [4.78, 5) is 4.16. The lowest BCUT2D eigenvalue weighted by Crippen LogP contribution is -2.11. The standard InChI is InChI=1S/C10H8Cl2N2S/c11-7-3-1-2-6(8(7)12)9(13)10-14-4-5-15-10/h1-5,9H,13H2. The van der Waals surface area contributed by atoms with Crippen molar-refractivity contribution in [2.45, 2.75) is 6.04 Å². The fourth-order valence-electron chi connectivity index (χ4n) is 1.28. The van der Waals surface area contributed by atoms with E-state index in [1.165, 1.54) is 11.3 Å². The fraction of sp³-hybridized carbons (Fsp3) is 0.100. The first-order chi connectivity index (χ1) is 7.20. The van der Waals surface area contributed by atoms with Crippen LogP contribution in [0.15, 0.2) is 29.8 Å². The quantitative estimate of drug-likeness (QED) is 0.896. The van der Waals surface area contributed by atoms with Crippen molar-refractivity contribution in [1.82, 2.24) is 4.98 Å². The normalized spacial score (nSPS) is 12.7. The van der Waals surface area contributed by atoms with Crippen LogP contribution < -0.4 is 5.73 Å². The molecule has 2 nitrogen and oxygen atoms in total. The van der Waals surface area contributed by atoms with Crippen LogP contribution in [0.5, 0.6) is 0 Å². The number of aromatic nitrogens is 1. The van der Waals surface area contributed by atoms with E-state index < -0.39 is 0 Å². The fourth-order valence-corrected chi connectivity index (χ4v) is 2.36. The van der Waals surface area contributed by atoms with Gasteiger partial charge in [-0.25, -0.2) is 4.98 Å². The molecule has 78 valence electrons. The molecule has 0 fully saturated rings. The SMILES string of the molecule is NC(c1nccs1)c1cccc(Cl)c1Cl. The Kier molecular flexibility index (Phi) is 3.26. The highest BCUT2D eigenvalue weighted by molar-refractivity contribution is 7.09. The van der Waals surface area contributed by atoms with Crippen LogP contribution >= 0.6 is 34.5 Å². The summed E-state index contributed by atoms with van der Waals surface area (Å²) < 4.78 is 0. The highest BCUT2D eigenvalue weighted by Gasteiger charge is 2.15. The minimum absolute atomic E-state index is 0.309. The lowest BCUT2D eigenvalue weighted by molar-refractivity contribution is 0.858. The number of nitrogens with zero attached hydrogens (tertiary/aromatic N) is 1. The highest BCUT2D eigenvalue weighted by atomic mass is 35.5. The molecule has 1 heterocycles. The zero-order valence-corrected chi connectivity index (χ0v) is 9.98. The monoisotopic (exact) mass is 258 g/mol. The van der Waals surface area contributed by atoms with E-state index in [1.807, 2.05) is 17.5 Å². The largest absolute Gasteiger partial charge is 0.318 e. The van der Waals surface area contributed by atoms with Gasteiger partial charge in [-0.3, -0.25) is 0 Å². The van der Waals surface area contributed by atoms with E-state index in [-0.39, 0.29) is 6.04 Å². The maximum atomic E-state index is 6.07. The van der Waals surface area contributed by atoms with E-state index in [0.717, 1.165) is 10.6 Å². The molecule has 0 aliphatic rings. The van der Waals surface area contributed by atoms with Crippen molar-refractivity contribution in [1.29, 1.82) is 0 Å². The molecule has 2 aromatic rings. The molecule has 2 N–H and O–H groups in total. The average molecular weight is 259 g/mol. The first-order valence-electron chi connectivity index (χ1n) is 4.29. The molecule has 5 heteroatoms. The Morgan fingerprint density at radius 3 is 2.80 bits per heavy atom. The molecule has 1 aromatic carbocycles. The topological polar surface area (TPSA) is 38.9 Å². The van der Waals surface area contributed by atoms with E-state index in [1.54, 1.807) is 12.3 Å². The van der Waals surface area contributed by atoms with Gasteiger partial charge in [0, 0.05) is 11.6 Å². The van der Waals surface area contributed by atoms with Crippen molar-refractivity contribution in [3.8, 4) is 0 Å². The van der Waals surface area contributed by atoms with Gasteiger partial charge in [-0.15, -0.1) is 11.3 Å². The van der Waals surface area contributed by atoms with Gasteiger partial charge in [0.15, 0.2) is 0 Å². The van der Waals surface area contributed by atoms with Gasteiger partial charge < -0.3 is 5.73 Å². The lowest BCUT2D eigenvalue weighted by atomic mass is 10.1. The summed E-state index contributed by atoms with van der Waals surface area (Å²) in [5.74, 6) is 0. The van der Waals surface area contributed by atoms with Crippen LogP contribution in [0.25, 0.3) is 0 Å². The van der Waals surface area contributed by atoms with Crippen molar-refractivity contribution in [2.24, 2.45) is 5.73 Å². The lowest BCUT2D eigenvalue weighted by Gasteiger charge is -2.11. The van der Waals surface area contributed by atoms with E-state index in [2.05, 4.69) is 4.98 Å². The van der Waals surface area contributed by atoms with Gasteiger partial charge in [-0.05, 0) is 11.6 Å². The Morgan fingerprint density at radius 1 is 1.33 bits per heavy atom. The Bertz CT molecular complexity index is 456. The van der Waals surface area contributed by atoms with Gasteiger partial charge in [-0.1, -0.05) is 35.3 Å². The number of nitrogens with two attached hydrogens (primary N) is 1. The molecule has 15 heavy (non-hydrogen) atoms. The number of thiazole rings is 1. The third-order valence-corrected chi connectivity index (χ3v) is 3.73. The molecule has 1 atom stereocenters. The molecule has 1 aromatic heterocycles. The first kappa shape index (κ1) is 10.9. The summed E-state index contributed by atoms with van der Waals surface area (Å²) in [6.45, 7) is 0. The Labute approximate surface area is 102 Å². The molecule has 0 spiro atoms. The molecule has 0 amide bonds. The minimum Gasteiger partial charge on any atom is -0.318 e. The molecule has 0 aliphatic carbocycles. The predicted octanol–water partition coefficient (Wildman–Crippen LogP) is 3.50. The highest BCUT2D eigenvalue weighted by Crippen LogP contribution is 2.32. The molecule has 0 aliphatic heterocycles. The van der Waals surface area contributed by atoms with Gasteiger partial charge in [0.25, 0.3) is 0 Å². The van der Waals surface area contributed by atoms with E-state index in [0.29, 0.717) is 10.0 Å². The van der Waals surface area contributed by atoms with Crippen LogP contribution in [-0.2, 0) is 0 Å². The smallest absolute Gasteiger partial charge is 0.114 e. The average Bonchev–Trinajstić information content (AvgIpc) is 2.74. The summed E-state index contributed by atoms with van der Waals surface area (Å²) >= 11 is 13.5. The summed E-state index contributed by atoms with van der Waals surface area (Å²) in [6.07, 6.45) is 1.72. The van der Waals surface area contributed by atoms with Crippen molar-refractivity contribution < 1.29 is 0 Å². The molecular formula is C10H8Cl2N2S. The molecule has 0 saturated heterocycles.